The Morgan fingerprint density at radius 1 is 0.902 bits per heavy atom. The van der Waals surface area contributed by atoms with E-state index >= 15 is 0 Å². The van der Waals surface area contributed by atoms with E-state index in [1.54, 1.807) is 0 Å². The van der Waals surface area contributed by atoms with Gasteiger partial charge in [0.25, 0.3) is 0 Å². The maximum absolute atomic E-state index is 13.2. The molecule has 208 valence electrons. The number of aromatic nitrogens is 4. The first kappa shape index (κ1) is 27.0. The molecule has 8 nitrogen and oxygen atoms in total. The smallest absolute Gasteiger partial charge is 0.233 e. The van der Waals surface area contributed by atoms with Crippen molar-refractivity contribution in [1.29, 1.82) is 0 Å². The van der Waals surface area contributed by atoms with Gasteiger partial charge in [0.15, 0.2) is 5.65 Å². The molecule has 0 spiro atoms. The molecule has 3 aromatic carbocycles. The predicted octanol–water partition coefficient (Wildman–Crippen LogP) is 4.73. The minimum absolute atomic E-state index is 0.0150. The number of hydrogen-bond donors (Lipinski definition) is 0. The highest BCUT2D eigenvalue weighted by Gasteiger charge is 2.29. The summed E-state index contributed by atoms with van der Waals surface area (Å²) >= 11 is 1.31. The Hall–Kier alpha value is -4.24. The molecule has 0 saturated carbocycles. The fraction of sp³-hybridized carbons (Fsp3) is 0.281. The first-order valence-corrected chi connectivity index (χ1v) is 14.9. The molecule has 0 bridgehead atoms. The van der Waals surface area contributed by atoms with Crippen LogP contribution in [0.3, 0.4) is 0 Å². The Morgan fingerprint density at radius 2 is 1.63 bits per heavy atom. The molecule has 9 heteroatoms. The Labute approximate surface area is 243 Å². The number of rotatable bonds is 7. The number of benzene rings is 3. The van der Waals surface area contributed by atoms with Crippen LogP contribution in [0.2, 0.25) is 0 Å². The Bertz CT molecular complexity index is 1710. The van der Waals surface area contributed by atoms with Gasteiger partial charge in [-0.25, -0.2) is 4.98 Å². The molecule has 0 radical (unpaired) electrons. The Morgan fingerprint density at radius 3 is 2.37 bits per heavy atom. The highest BCUT2D eigenvalue weighted by molar-refractivity contribution is 7.99. The van der Waals surface area contributed by atoms with Crippen LogP contribution < -0.4 is 0 Å². The second-order valence-corrected chi connectivity index (χ2v) is 11.5. The SMILES string of the molecule is Cc1ccc2c(c1)c1nnc(SCC(=O)N3CCN(C(=O)Cc4ccccc4)C(C)C3)nc1n2Cc1ccccc1. The topological polar surface area (TPSA) is 84.2 Å². The molecule has 3 heterocycles. The van der Waals surface area contributed by atoms with Gasteiger partial charge in [-0.3, -0.25) is 9.59 Å². The van der Waals surface area contributed by atoms with Crippen molar-refractivity contribution in [2.45, 2.75) is 38.0 Å². The summed E-state index contributed by atoms with van der Waals surface area (Å²) in [6.07, 6.45) is 0.377. The molecular weight excluding hydrogens is 532 g/mol. The molecule has 1 unspecified atom stereocenters. The molecule has 5 aromatic rings. The maximum atomic E-state index is 13.2. The molecule has 0 N–H and O–H groups in total. The van der Waals surface area contributed by atoms with Crippen LogP contribution in [0.4, 0.5) is 0 Å². The predicted molar refractivity (Wildman–Crippen MR) is 162 cm³/mol. The standard InChI is InChI=1S/C32H32N6O2S/c1-22-13-14-27-26(17-22)30-31(38(27)20-25-11-7-4-8-12-25)33-32(35-34-30)41-21-29(40)36-15-16-37(23(2)19-36)28(39)18-24-9-5-3-6-10-24/h3-14,17,23H,15-16,18-21H2,1-2H3. The van der Waals surface area contributed by atoms with Crippen LogP contribution in [-0.4, -0.2) is 72.8 Å². The zero-order chi connectivity index (χ0) is 28.3. The summed E-state index contributed by atoms with van der Waals surface area (Å²) < 4.78 is 2.17. The largest absolute Gasteiger partial charge is 0.338 e. The lowest BCUT2D eigenvalue weighted by atomic mass is 10.1. The average molecular weight is 565 g/mol. The van der Waals surface area contributed by atoms with Crippen LogP contribution in [0.25, 0.3) is 22.1 Å². The fourth-order valence-corrected chi connectivity index (χ4v) is 6.17. The third-order valence-corrected chi connectivity index (χ3v) is 8.43. The van der Waals surface area contributed by atoms with Crippen LogP contribution in [0.1, 0.15) is 23.6 Å². The van der Waals surface area contributed by atoms with Crippen LogP contribution in [-0.2, 0) is 22.6 Å². The average Bonchev–Trinajstić information content (AvgIpc) is 3.28. The van der Waals surface area contributed by atoms with Crippen molar-refractivity contribution >= 4 is 45.6 Å². The third-order valence-electron chi connectivity index (χ3n) is 7.61. The van der Waals surface area contributed by atoms with Crippen molar-refractivity contribution in [3.63, 3.8) is 0 Å². The van der Waals surface area contributed by atoms with Crippen LogP contribution >= 0.6 is 11.8 Å². The first-order valence-electron chi connectivity index (χ1n) is 13.9. The van der Waals surface area contributed by atoms with Crippen molar-refractivity contribution < 1.29 is 9.59 Å². The lowest BCUT2D eigenvalue weighted by Gasteiger charge is -2.40. The van der Waals surface area contributed by atoms with Gasteiger partial charge in [-0.1, -0.05) is 84.1 Å². The van der Waals surface area contributed by atoms with E-state index in [0.29, 0.717) is 37.8 Å². The van der Waals surface area contributed by atoms with Crippen LogP contribution in [0.15, 0.2) is 84.0 Å². The quantitative estimate of drug-likeness (QED) is 0.266. The second kappa shape index (κ2) is 11.7. The molecule has 41 heavy (non-hydrogen) atoms. The monoisotopic (exact) mass is 564 g/mol. The number of amides is 2. The highest BCUT2D eigenvalue weighted by Crippen LogP contribution is 2.29. The molecular formula is C32H32N6O2S. The summed E-state index contributed by atoms with van der Waals surface area (Å²) in [5, 5.41) is 10.4. The van der Waals surface area contributed by atoms with Gasteiger partial charge in [-0.05, 0) is 37.1 Å². The minimum atomic E-state index is -0.0414. The number of aryl methyl sites for hydroxylation is 1. The van der Waals surface area contributed by atoms with E-state index in [1.807, 2.05) is 65.3 Å². The van der Waals surface area contributed by atoms with Crippen molar-refractivity contribution in [1.82, 2.24) is 29.5 Å². The van der Waals surface area contributed by atoms with E-state index in [4.69, 9.17) is 4.98 Å². The number of thioether (sulfide) groups is 1. The van der Waals surface area contributed by atoms with E-state index in [-0.39, 0.29) is 23.6 Å². The maximum Gasteiger partial charge on any atom is 0.233 e. The molecule has 2 amide bonds. The van der Waals surface area contributed by atoms with E-state index < -0.39 is 0 Å². The number of hydrogen-bond acceptors (Lipinski definition) is 6. The van der Waals surface area contributed by atoms with Crippen LogP contribution in [0.5, 0.6) is 0 Å². The van der Waals surface area contributed by atoms with Gasteiger partial charge in [0.2, 0.25) is 17.0 Å². The number of carbonyl (C=O) groups excluding carboxylic acids is 2. The van der Waals surface area contributed by atoms with Crippen molar-refractivity contribution in [3.8, 4) is 0 Å². The lowest BCUT2D eigenvalue weighted by molar-refractivity contribution is -0.140. The van der Waals surface area contributed by atoms with Gasteiger partial charge in [-0.2, -0.15) is 0 Å². The van der Waals surface area contributed by atoms with Crippen molar-refractivity contribution in [2.75, 3.05) is 25.4 Å². The van der Waals surface area contributed by atoms with Crippen LogP contribution in [0, 0.1) is 6.92 Å². The second-order valence-electron chi connectivity index (χ2n) is 10.6. The zero-order valence-electron chi connectivity index (χ0n) is 23.2. The zero-order valence-corrected chi connectivity index (χ0v) is 24.1. The van der Waals surface area contributed by atoms with Gasteiger partial charge in [-0.15, -0.1) is 10.2 Å². The lowest BCUT2D eigenvalue weighted by Crippen LogP contribution is -2.56. The van der Waals surface area contributed by atoms with Crippen molar-refractivity contribution in [2.24, 2.45) is 0 Å². The molecule has 1 aliphatic heterocycles. The number of nitrogens with zero attached hydrogens (tertiary/aromatic N) is 6. The fourth-order valence-electron chi connectivity index (χ4n) is 5.49. The number of fused-ring (bicyclic) bond motifs is 3. The van der Waals surface area contributed by atoms with Gasteiger partial charge >= 0.3 is 0 Å². The third kappa shape index (κ3) is 5.81. The number of carbonyl (C=O) groups is 2. The Kier molecular flexibility index (Phi) is 7.69. The number of piperazine rings is 1. The molecule has 1 fully saturated rings. The summed E-state index contributed by atoms with van der Waals surface area (Å²) in [5.74, 6) is 0.329. The van der Waals surface area contributed by atoms with E-state index in [9.17, 15) is 9.59 Å². The van der Waals surface area contributed by atoms with Gasteiger partial charge in [0, 0.05) is 37.6 Å². The molecule has 1 saturated heterocycles. The molecule has 1 aliphatic rings. The van der Waals surface area contributed by atoms with Gasteiger partial charge in [0.1, 0.15) is 5.52 Å². The van der Waals surface area contributed by atoms with E-state index in [2.05, 4.69) is 52.0 Å². The van der Waals surface area contributed by atoms with Gasteiger partial charge < -0.3 is 14.4 Å². The summed E-state index contributed by atoms with van der Waals surface area (Å²) in [6, 6.07) is 26.3. The normalized spacial score (nSPS) is 15.5. The Balaban J connectivity index is 1.14. The summed E-state index contributed by atoms with van der Waals surface area (Å²) in [6.45, 7) is 6.30. The molecule has 2 aromatic heterocycles. The summed E-state index contributed by atoms with van der Waals surface area (Å²) in [7, 11) is 0. The first-order chi connectivity index (χ1) is 20.0. The molecule has 6 rings (SSSR count). The van der Waals surface area contributed by atoms with E-state index in [1.165, 1.54) is 17.3 Å². The highest BCUT2D eigenvalue weighted by atomic mass is 32.2. The van der Waals surface area contributed by atoms with E-state index in [0.717, 1.165) is 33.2 Å². The summed E-state index contributed by atoms with van der Waals surface area (Å²) in [4.78, 5) is 34.6. The summed E-state index contributed by atoms with van der Waals surface area (Å²) in [5.41, 5.74) is 5.91. The molecule has 0 aliphatic carbocycles. The molecule has 1 atom stereocenters. The van der Waals surface area contributed by atoms with Crippen molar-refractivity contribution in [3.05, 3.63) is 95.6 Å². The van der Waals surface area contributed by atoms with Gasteiger partial charge in [0.05, 0.1) is 17.7 Å². The minimum Gasteiger partial charge on any atom is -0.338 e.